The lowest BCUT2D eigenvalue weighted by Crippen LogP contribution is -2.35. The Morgan fingerprint density at radius 2 is 1.43 bits per heavy atom. The number of imidazole rings is 1. The predicted molar refractivity (Wildman–Crippen MR) is 190 cm³/mol. The van der Waals surface area contributed by atoms with Gasteiger partial charge in [-0.3, -0.25) is 4.79 Å². The number of hydrogen-bond acceptors (Lipinski definition) is 5. The highest BCUT2D eigenvalue weighted by atomic mass is 35.5. The first kappa shape index (κ1) is 32.3. The van der Waals surface area contributed by atoms with Crippen molar-refractivity contribution >= 4 is 29.7 Å². The molecule has 4 heterocycles. The molecule has 3 unspecified atom stereocenters. The van der Waals surface area contributed by atoms with E-state index in [-0.39, 0.29) is 41.9 Å². The van der Waals surface area contributed by atoms with Gasteiger partial charge < -0.3 is 25.8 Å². The number of anilines is 2. The number of amides is 1. The number of H-pyrrole nitrogens is 1. The molecule has 4 aromatic rings. The molecule has 7 rings (SSSR count). The fourth-order valence-corrected chi connectivity index (χ4v) is 7.35. The van der Waals surface area contributed by atoms with Crippen LogP contribution in [0.1, 0.15) is 99.9 Å². The summed E-state index contributed by atoms with van der Waals surface area (Å²) in [5, 5.41) is 9.94. The van der Waals surface area contributed by atoms with E-state index < -0.39 is 0 Å². The van der Waals surface area contributed by atoms with Gasteiger partial charge in [-0.05, 0) is 104 Å². The molecule has 3 aromatic carbocycles. The number of hydrogen-bond donors (Lipinski definition) is 4. The Morgan fingerprint density at radius 3 is 2.02 bits per heavy atom. The predicted octanol–water partition coefficient (Wildman–Crippen LogP) is 7.99. The van der Waals surface area contributed by atoms with Gasteiger partial charge in [0.2, 0.25) is 5.91 Å². The highest BCUT2D eigenvalue weighted by Gasteiger charge is 2.36. The zero-order valence-electron chi connectivity index (χ0n) is 27.2. The molecule has 4 atom stereocenters. The molecular formula is C38H47ClN6O. The summed E-state index contributed by atoms with van der Waals surface area (Å²) in [6, 6.07) is 27.5. The largest absolute Gasteiger partial charge is 0.357 e. The number of carbonyl (C=O) groups excluding carboxylic acids is 1. The quantitative estimate of drug-likeness (QED) is 0.165. The minimum atomic E-state index is -0.0853. The average molecular weight is 639 g/mol. The fourth-order valence-electron chi connectivity index (χ4n) is 7.35. The van der Waals surface area contributed by atoms with Crippen LogP contribution in [0.3, 0.4) is 0 Å². The zero-order valence-corrected chi connectivity index (χ0v) is 28.0. The van der Waals surface area contributed by atoms with Crippen LogP contribution in [0.4, 0.5) is 11.4 Å². The van der Waals surface area contributed by atoms with Crippen LogP contribution >= 0.6 is 12.4 Å². The van der Waals surface area contributed by atoms with Gasteiger partial charge in [0.15, 0.2) is 0 Å². The van der Waals surface area contributed by atoms with Crippen molar-refractivity contribution < 1.29 is 4.79 Å². The van der Waals surface area contributed by atoms with E-state index in [9.17, 15) is 4.79 Å². The van der Waals surface area contributed by atoms with Crippen molar-refractivity contribution in [3.05, 3.63) is 102 Å². The van der Waals surface area contributed by atoms with Gasteiger partial charge in [0, 0.05) is 11.4 Å². The van der Waals surface area contributed by atoms with E-state index in [1.165, 1.54) is 28.8 Å². The Kier molecular flexibility index (Phi) is 9.55. The minimum absolute atomic E-state index is 0. The topological polar surface area (TPSA) is 85.1 Å². The van der Waals surface area contributed by atoms with E-state index in [0.717, 1.165) is 68.0 Å². The number of carbonyl (C=O) groups is 1. The monoisotopic (exact) mass is 638 g/mol. The first-order valence-corrected chi connectivity index (χ1v) is 16.8. The van der Waals surface area contributed by atoms with E-state index in [1.54, 1.807) is 0 Å². The normalized spacial score (nSPS) is 23.0. The minimum Gasteiger partial charge on any atom is -0.357 e. The maximum Gasteiger partial charge on any atom is 0.241 e. The first-order valence-electron chi connectivity index (χ1n) is 16.8. The number of aromatic amines is 1. The second kappa shape index (κ2) is 13.6. The van der Waals surface area contributed by atoms with Gasteiger partial charge >= 0.3 is 0 Å². The van der Waals surface area contributed by atoms with Crippen LogP contribution in [0.5, 0.6) is 0 Å². The number of nitrogens with one attached hydrogen (secondary N) is 4. The summed E-state index contributed by atoms with van der Waals surface area (Å²) < 4.78 is 0. The van der Waals surface area contributed by atoms with Crippen molar-refractivity contribution in [2.75, 3.05) is 23.3 Å². The fraction of sp³-hybridized carbons (Fsp3) is 0.421. The third kappa shape index (κ3) is 6.73. The third-order valence-electron chi connectivity index (χ3n) is 9.95. The average Bonchev–Trinajstić information content (AvgIpc) is 3.88. The molecule has 3 aliphatic heterocycles. The number of rotatable bonds is 7. The maximum absolute atomic E-state index is 12.7. The molecule has 3 aliphatic rings. The Labute approximate surface area is 279 Å². The Balaban J connectivity index is 0.00000372. The summed E-state index contributed by atoms with van der Waals surface area (Å²) in [5.41, 5.74) is 8.37. The van der Waals surface area contributed by atoms with Gasteiger partial charge in [0.1, 0.15) is 5.82 Å². The molecule has 0 aliphatic carbocycles. The van der Waals surface area contributed by atoms with Crippen molar-refractivity contribution in [2.24, 2.45) is 0 Å². The molecule has 3 saturated heterocycles. The van der Waals surface area contributed by atoms with E-state index in [1.807, 2.05) is 6.20 Å². The smallest absolute Gasteiger partial charge is 0.241 e. The summed E-state index contributed by atoms with van der Waals surface area (Å²) in [6.45, 7) is 8.77. The molecule has 7 nitrogen and oxygen atoms in total. The first-order chi connectivity index (χ1) is 21.8. The summed E-state index contributed by atoms with van der Waals surface area (Å²) in [4.78, 5) is 23.5. The number of aromatic nitrogens is 2. The highest BCUT2D eigenvalue weighted by Crippen LogP contribution is 2.47. The van der Waals surface area contributed by atoms with Crippen molar-refractivity contribution in [3.8, 4) is 11.3 Å². The molecule has 46 heavy (non-hydrogen) atoms. The third-order valence-corrected chi connectivity index (χ3v) is 9.95. The summed E-state index contributed by atoms with van der Waals surface area (Å²) in [5.74, 6) is 1.10. The van der Waals surface area contributed by atoms with Gasteiger partial charge in [-0.1, -0.05) is 69.3 Å². The van der Waals surface area contributed by atoms with E-state index in [0.29, 0.717) is 6.04 Å². The molecular weight excluding hydrogens is 592 g/mol. The van der Waals surface area contributed by atoms with Gasteiger partial charge in [0.05, 0.1) is 36.1 Å². The van der Waals surface area contributed by atoms with Crippen molar-refractivity contribution in [1.82, 2.24) is 20.6 Å². The molecule has 0 spiro atoms. The summed E-state index contributed by atoms with van der Waals surface area (Å²) in [7, 11) is 0. The molecule has 242 valence electrons. The Hall–Kier alpha value is -3.65. The number of nitrogens with zero attached hydrogens (tertiary/aromatic N) is 2. The summed E-state index contributed by atoms with van der Waals surface area (Å²) in [6.07, 6.45) is 8.38. The van der Waals surface area contributed by atoms with Crippen LogP contribution in [0, 0.1) is 0 Å². The molecule has 3 fully saturated rings. The van der Waals surface area contributed by atoms with Gasteiger partial charge in [0.25, 0.3) is 0 Å². The maximum atomic E-state index is 12.7. The van der Waals surface area contributed by atoms with E-state index in [4.69, 9.17) is 0 Å². The highest BCUT2D eigenvalue weighted by molar-refractivity contribution is 5.95. The molecule has 0 bridgehead atoms. The van der Waals surface area contributed by atoms with Crippen LogP contribution < -0.4 is 20.9 Å². The molecule has 0 saturated carbocycles. The van der Waals surface area contributed by atoms with Crippen LogP contribution in [-0.4, -0.2) is 35.0 Å². The van der Waals surface area contributed by atoms with Crippen molar-refractivity contribution in [3.63, 3.8) is 0 Å². The zero-order chi connectivity index (χ0) is 31.0. The molecule has 1 amide bonds. The SMILES string of the molecule is CC(C)(C)c1ccc(N2C(c3ccc(NC(=O)C4CCCN4)cc3)CCC2c2ccc(-c3cnc([C@@H]4CCCN4)[nH]3)cc2)cc1.Cl. The van der Waals surface area contributed by atoms with Crippen LogP contribution in [0.15, 0.2) is 79.0 Å². The second-order valence-electron chi connectivity index (χ2n) is 14.0. The number of halogens is 1. The molecule has 8 heteroatoms. The lowest BCUT2D eigenvalue weighted by Gasteiger charge is -2.34. The standard InChI is InChI=1S/C38H46N6O.ClH/c1-38(2,3)28-14-18-30(19-15-28)44-34(26-10-8-25(9-11-26)33-24-41-36(43-33)31-6-4-22-39-31)20-21-35(44)27-12-16-29(17-13-27)42-37(45)32-7-5-23-40-32;/h8-19,24,31-32,34-35,39-40H,4-7,20-23H2,1-3H3,(H,41,43)(H,42,45);1H/t31-,32?,34?,35?;/m0./s1. The second-order valence-corrected chi connectivity index (χ2v) is 14.0. The Bertz CT molecular complexity index is 1600. The summed E-state index contributed by atoms with van der Waals surface area (Å²) >= 11 is 0. The lowest BCUT2D eigenvalue weighted by molar-refractivity contribution is -0.117. The van der Waals surface area contributed by atoms with Crippen LogP contribution in [0.25, 0.3) is 11.3 Å². The lowest BCUT2D eigenvalue weighted by atomic mass is 9.87. The van der Waals surface area contributed by atoms with Crippen molar-refractivity contribution in [1.29, 1.82) is 0 Å². The molecule has 1 aromatic heterocycles. The van der Waals surface area contributed by atoms with Crippen molar-refractivity contribution in [2.45, 2.75) is 88.9 Å². The van der Waals surface area contributed by atoms with Crippen LogP contribution in [-0.2, 0) is 10.2 Å². The van der Waals surface area contributed by atoms with E-state index >= 15 is 0 Å². The van der Waals surface area contributed by atoms with Gasteiger partial charge in [-0.25, -0.2) is 4.98 Å². The molecule has 0 radical (unpaired) electrons. The van der Waals surface area contributed by atoms with Gasteiger partial charge in [-0.15, -0.1) is 12.4 Å². The number of benzene rings is 3. The van der Waals surface area contributed by atoms with Gasteiger partial charge in [-0.2, -0.15) is 0 Å². The van der Waals surface area contributed by atoms with E-state index in [2.05, 4.69) is 124 Å². The van der Waals surface area contributed by atoms with Crippen LogP contribution in [0.2, 0.25) is 0 Å². The molecule has 4 N–H and O–H groups in total. The Morgan fingerprint density at radius 1 is 0.804 bits per heavy atom.